The molecule has 1 atom stereocenters. The zero-order chi connectivity index (χ0) is 15.9. The summed E-state index contributed by atoms with van der Waals surface area (Å²) in [4.78, 5) is 25.6. The number of likely N-dealkylation sites (N-methyl/N-ethyl adjacent to an activating group) is 1. The predicted molar refractivity (Wildman–Crippen MR) is 95.5 cm³/mol. The van der Waals surface area contributed by atoms with Crippen LogP contribution in [0.3, 0.4) is 0 Å². The molecule has 1 aromatic rings. The van der Waals surface area contributed by atoms with Crippen LogP contribution in [0.4, 0.5) is 5.69 Å². The first kappa shape index (κ1) is 19.6. The molecular formula is C17H26ClN3O2. The van der Waals surface area contributed by atoms with Crippen molar-refractivity contribution in [2.75, 3.05) is 32.0 Å². The highest BCUT2D eigenvalue weighted by atomic mass is 35.5. The van der Waals surface area contributed by atoms with Gasteiger partial charge < -0.3 is 15.5 Å². The second-order valence-electron chi connectivity index (χ2n) is 5.86. The minimum atomic E-state index is 0. The Morgan fingerprint density at radius 1 is 1.26 bits per heavy atom. The third-order valence-corrected chi connectivity index (χ3v) is 4.14. The van der Waals surface area contributed by atoms with Crippen LogP contribution >= 0.6 is 12.4 Å². The van der Waals surface area contributed by atoms with Gasteiger partial charge in [-0.2, -0.15) is 0 Å². The van der Waals surface area contributed by atoms with Gasteiger partial charge in [0.2, 0.25) is 5.91 Å². The standard InChI is InChI=1S/C17H25N3O2.ClH/c1-13(21)14-5-7-15(8-6-14)19-17(22)9-11-20-10-3-4-16(12-20)18-2;/h5-8,16,18H,3-4,9-12H2,1-2H3,(H,19,22);1H. The Morgan fingerprint density at radius 3 is 2.57 bits per heavy atom. The molecule has 128 valence electrons. The molecule has 1 aromatic carbocycles. The molecule has 1 aliphatic rings. The van der Waals surface area contributed by atoms with Crippen molar-refractivity contribution < 1.29 is 9.59 Å². The zero-order valence-electron chi connectivity index (χ0n) is 13.8. The van der Waals surface area contributed by atoms with E-state index < -0.39 is 0 Å². The number of carbonyl (C=O) groups is 2. The van der Waals surface area contributed by atoms with E-state index in [1.165, 1.54) is 19.8 Å². The van der Waals surface area contributed by atoms with Crippen molar-refractivity contribution >= 4 is 29.8 Å². The number of carbonyl (C=O) groups excluding carboxylic acids is 2. The van der Waals surface area contributed by atoms with Crippen molar-refractivity contribution in [3.63, 3.8) is 0 Å². The fourth-order valence-corrected chi connectivity index (χ4v) is 2.77. The number of rotatable bonds is 6. The quantitative estimate of drug-likeness (QED) is 0.781. The van der Waals surface area contributed by atoms with Crippen LogP contribution in [-0.2, 0) is 4.79 Å². The summed E-state index contributed by atoms with van der Waals surface area (Å²) >= 11 is 0. The number of likely N-dealkylation sites (tertiary alicyclic amines) is 1. The SMILES string of the molecule is CNC1CCCN(CCC(=O)Nc2ccc(C(C)=O)cc2)C1.Cl. The zero-order valence-corrected chi connectivity index (χ0v) is 14.6. The Balaban J connectivity index is 0.00000264. The van der Waals surface area contributed by atoms with E-state index in [1.54, 1.807) is 24.3 Å². The third kappa shape index (κ3) is 6.29. The topological polar surface area (TPSA) is 61.4 Å². The van der Waals surface area contributed by atoms with Crippen LogP contribution in [-0.4, -0.2) is 49.3 Å². The fraction of sp³-hybridized carbons (Fsp3) is 0.529. The molecule has 1 aliphatic heterocycles. The van der Waals surface area contributed by atoms with Crippen LogP contribution < -0.4 is 10.6 Å². The molecular weight excluding hydrogens is 314 g/mol. The maximum Gasteiger partial charge on any atom is 0.225 e. The van der Waals surface area contributed by atoms with E-state index in [-0.39, 0.29) is 24.1 Å². The number of nitrogens with zero attached hydrogens (tertiary/aromatic N) is 1. The molecule has 5 nitrogen and oxygen atoms in total. The molecule has 1 fully saturated rings. The molecule has 23 heavy (non-hydrogen) atoms. The number of hydrogen-bond donors (Lipinski definition) is 2. The molecule has 0 spiro atoms. The maximum atomic E-state index is 12.0. The molecule has 0 saturated carbocycles. The summed E-state index contributed by atoms with van der Waals surface area (Å²) in [6.45, 7) is 4.40. The first-order valence-electron chi connectivity index (χ1n) is 7.89. The molecule has 2 N–H and O–H groups in total. The van der Waals surface area contributed by atoms with Crippen LogP contribution in [0.25, 0.3) is 0 Å². The molecule has 6 heteroatoms. The number of anilines is 1. The molecule has 2 rings (SSSR count). The second kappa shape index (κ2) is 9.65. The Bertz CT molecular complexity index is 519. The smallest absolute Gasteiger partial charge is 0.225 e. The summed E-state index contributed by atoms with van der Waals surface area (Å²) < 4.78 is 0. The van der Waals surface area contributed by atoms with E-state index in [0.29, 0.717) is 18.0 Å². The summed E-state index contributed by atoms with van der Waals surface area (Å²) in [5.41, 5.74) is 1.39. The van der Waals surface area contributed by atoms with Crippen LogP contribution in [0.15, 0.2) is 24.3 Å². The summed E-state index contributed by atoms with van der Waals surface area (Å²) in [6.07, 6.45) is 2.88. The molecule has 1 unspecified atom stereocenters. The van der Waals surface area contributed by atoms with Crippen LogP contribution in [0.1, 0.15) is 36.5 Å². The van der Waals surface area contributed by atoms with Crippen LogP contribution in [0.2, 0.25) is 0 Å². The van der Waals surface area contributed by atoms with Gasteiger partial charge in [-0.25, -0.2) is 0 Å². The monoisotopic (exact) mass is 339 g/mol. The lowest BCUT2D eigenvalue weighted by atomic mass is 10.1. The minimum absolute atomic E-state index is 0. The Morgan fingerprint density at radius 2 is 1.96 bits per heavy atom. The first-order chi connectivity index (χ1) is 10.6. The molecule has 0 aromatic heterocycles. The average Bonchev–Trinajstić information content (AvgIpc) is 2.53. The lowest BCUT2D eigenvalue weighted by Crippen LogP contribution is -2.45. The van der Waals surface area contributed by atoms with Gasteiger partial charge in [0, 0.05) is 36.8 Å². The highest BCUT2D eigenvalue weighted by Crippen LogP contribution is 2.12. The number of ketones is 1. The van der Waals surface area contributed by atoms with Gasteiger partial charge in [-0.1, -0.05) is 0 Å². The number of benzene rings is 1. The van der Waals surface area contributed by atoms with E-state index in [0.717, 1.165) is 25.3 Å². The lowest BCUT2D eigenvalue weighted by Gasteiger charge is -2.32. The molecule has 1 heterocycles. The first-order valence-corrected chi connectivity index (χ1v) is 7.89. The van der Waals surface area contributed by atoms with E-state index in [2.05, 4.69) is 15.5 Å². The molecule has 0 radical (unpaired) electrons. The van der Waals surface area contributed by atoms with Gasteiger partial charge in [-0.3, -0.25) is 9.59 Å². The summed E-state index contributed by atoms with van der Waals surface area (Å²) in [5.74, 6) is 0.0456. The highest BCUT2D eigenvalue weighted by molar-refractivity contribution is 5.95. The second-order valence-corrected chi connectivity index (χ2v) is 5.86. The highest BCUT2D eigenvalue weighted by Gasteiger charge is 2.18. The minimum Gasteiger partial charge on any atom is -0.326 e. The van der Waals surface area contributed by atoms with Gasteiger partial charge in [-0.05, 0) is 57.6 Å². The van der Waals surface area contributed by atoms with Crippen molar-refractivity contribution in [1.29, 1.82) is 0 Å². The number of halogens is 1. The third-order valence-electron chi connectivity index (χ3n) is 4.14. The number of hydrogen-bond acceptors (Lipinski definition) is 4. The largest absolute Gasteiger partial charge is 0.326 e. The maximum absolute atomic E-state index is 12.0. The van der Waals surface area contributed by atoms with E-state index in [4.69, 9.17) is 0 Å². The van der Waals surface area contributed by atoms with Crippen LogP contribution in [0.5, 0.6) is 0 Å². The van der Waals surface area contributed by atoms with Gasteiger partial charge >= 0.3 is 0 Å². The van der Waals surface area contributed by atoms with Gasteiger partial charge in [-0.15, -0.1) is 12.4 Å². The Hall–Kier alpha value is -1.43. The van der Waals surface area contributed by atoms with Crippen molar-refractivity contribution in [2.45, 2.75) is 32.2 Å². The van der Waals surface area contributed by atoms with Gasteiger partial charge in [0.05, 0.1) is 0 Å². The normalized spacial score (nSPS) is 18.1. The Kier molecular flexibility index (Phi) is 8.23. The Labute approximate surface area is 144 Å². The van der Waals surface area contributed by atoms with Crippen molar-refractivity contribution in [3.8, 4) is 0 Å². The summed E-state index contributed by atoms with van der Waals surface area (Å²) in [6, 6.07) is 7.55. The van der Waals surface area contributed by atoms with Crippen LogP contribution in [0, 0.1) is 0 Å². The number of Topliss-reactive ketones (excluding diaryl/α,β-unsaturated/α-hetero) is 1. The van der Waals surface area contributed by atoms with E-state index >= 15 is 0 Å². The van der Waals surface area contributed by atoms with E-state index in [9.17, 15) is 9.59 Å². The molecule has 0 bridgehead atoms. The molecule has 0 aliphatic carbocycles. The van der Waals surface area contributed by atoms with Gasteiger partial charge in [0.1, 0.15) is 0 Å². The van der Waals surface area contributed by atoms with Crippen molar-refractivity contribution in [2.24, 2.45) is 0 Å². The number of nitrogens with one attached hydrogen (secondary N) is 2. The number of piperidine rings is 1. The fourth-order valence-electron chi connectivity index (χ4n) is 2.77. The van der Waals surface area contributed by atoms with Crippen molar-refractivity contribution in [3.05, 3.63) is 29.8 Å². The molecule has 1 saturated heterocycles. The molecule has 1 amide bonds. The number of amides is 1. The lowest BCUT2D eigenvalue weighted by molar-refractivity contribution is -0.116. The summed E-state index contributed by atoms with van der Waals surface area (Å²) in [7, 11) is 1.99. The average molecular weight is 340 g/mol. The van der Waals surface area contributed by atoms with Gasteiger partial charge in [0.15, 0.2) is 5.78 Å². The summed E-state index contributed by atoms with van der Waals surface area (Å²) in [5, 5.41) is 6.19. The van der Waals surface area contributed by atoms with Gasteiger partial charge in [0.25, 0.3) is 0 Å². The predicted octanol–water partition coefficient (Wildman–Crippen LogP) is 2.32. The van der Waals surface area contributed by atoms with E-state index in [1.807, 2.05) is 7.05 Å². The van der Waals surface area contributed by atoms with Crippen molar-refractivity contribution in [1.82, 2.24) is 10.2 Å².